The van der Waals surface area contributed by atoms with Crippen LogP contribution in [0.1, 0.15) is 89.5 Å². The summed E-state index contributed by atoms with van der Waals surface area (Å²) in [5, 5.41) is 9.65. The Balaban J connectivity index is 0.000000309. The minimum absolute atomic E-state index is 0.373. The van der Waals surface area contributed by atoms with E-state index in [1.54, 1.807) is 6.07 Å². The van der Waals surface area contributed by atoms with Crippen LogP contribution in [0.4, 0.5) is 0 Å². The smallest absolute Gasteiger partial charge is 0.122 e. The van der Waals surface area contributed by atoms with Gasteiger partial charge in [-0.1, -0.05) is 101 Å². The highest BCUT2D eigenvalue weighted by molar-refractivity contribution is 5.56. The molecule has 31 heavy (non-hydrogen) atoms. The lowest BCUT2D eigenvalue weighted by Crippen LogP contribution is -2.06. The number of unbranched alkanes of at least 4 members (excludes halogenated alkanes) is 11. The molecule has 0 radical (unpaired) electrons. The van der Waals surface area contributed by atoms with Gasteiger partial charge in [-0.3, -0.25) is 0 Å². The maximum Gasteiger partial charge on any atom is 0.122 e. The molecule has 3 rings (SSSR count). The number of hydrogen-bond donors (Lipinski definition) is 1. The van der Waals surface area contributed by atoms with E-state index in [1.807, 2.05) is 24.3 Å². The van der Waals surface area contributed by atoms with Crippen molar-refractivity contribution in [2.45, 2.75) is 96.2 Å². The van der Waals surface area contributed by atoms with E-state index in [1.165, 1.54) is 70.6 Å². The van der Waals surface area contributed by atoms with Crippen molar-refractivity contribution in [2.24, 2.45) is 0 Å². The molecule has 1 N–H and O–H groups in total. The number of epoxide rings is 2. The summed E-state index contributed by atoms with van der Waals surface area (Å²) in [6.45, 7) is 5.54. The number of ether oxygens (including phenoxy) is 3. The summed E-state index contributed by atoms with van der Waals surface area (Å²) in [7, 11) is 0. The molecular formula is C27H44O4. The second kappa shape index (κ2) is 17.2. The third kappa shape index (κ3) is 15.1. The average molecular weight is 433 g/mol. The van der Waals surface area contributed by atoms with Gasteiger partial charge in [0, 0.05) is 5.56 Å². The second-order valence-electron chi connectivity index (χ2n) is 8.73. The molecule has 2 aliphatic rings. The third-order valence-corrected chi connectivity index (χ3v) is 5.62. The fourth-order valence-electron chi connectivity index (χ4n) is 3.42. The molecule has 2 aliphatic heterocycles. The van der Waals surface area contributed by atoms with Crippen molar-refractivity contribution in [3.63, 3.8) is 0 Å². The van der Waals surface area contributed by atoms with Gasteiger partial charge in [0.15, 0.2) is 0 Å². The number of phenolic OH excluding ortho intramolecular Hbond substituents is 1. The van der Waals surface area contributed by atoms with E-state index < -0.39 is 0 Å². The average Bonchev–Trinajstić information content (AvgIpc) is 3.69. The largest absolute Gasteiger partial charge is 0.507 e. The molecule has 0 spiro atoms. The van der Waals surface area contributed by atoms with Crippen LogP contribution < -0.4 is 0 Å². The van der Waals surface area contributed by atoms with E-state index >= 15 is 0 Å². The lowest BCUT2D eigenvalue weighted by molar-refractivity contribution is 0.102. The van der Waals surface area contributed by atoms with E-state index in [2.05, 4.69) is 13.0 Å². The van der Waals surface area contributed by atoms with Gasteiger partial charge >= 0.3 is 0 Å². The molecule has 2 atom stereocenters. The van der Waals surface area contributed by atoms with Crippen LogP contribution in [0, 0.1) is 0 Å². The first-order valence-electron chi connectivity index (χ1n) is 12.5. The van der Waals surface area contributed by atoms with Crippen LogP contribution in [0.3, 0.4) is 0 Å². The lowest BCUT2D eigenvalue weighted by Gasteiger charge is -2.02. The molecule has 1 aromatic rings. The Morgan fingerprint density at radius 2 is 1.35 bits per heavy atom. The van der Waals surface area contributed by atoms with Gasteiger partial charge in [0.25, 0.3) is 0 Å². The highest BCUT2D eigenvalue weighted by Gasteiger charge is 2.26. The first-order valence-corrected chi connectivity index (χ1v) is 12.5. The van der Waals surface area contributed by atoms with Crippen molar-refractivity contribution in [3.8, 4) is 5.75 Å². The Bertz CT molecular complexity index is 566. The number of benzene rings is 1. The molecule has 1 aromatic carbocycles. The maximum absolute atomic E-state index is 9.65. The Morgan fingerprint density at radius 3 is 1.87 bits per heavy atom. The van der Waals surface area contributed by atoms with Gasteiger partial charge < -0.3 is 19.3 Å². The lowest BCUT2D eigenvalue weighted by atomic mass is 10.0. The van der Waals surface area contributed by atoms with Crippen LogP contribution in [0.15, 0.2) is 30.3 Å². The molecule has 2 heterocycles. The standard InChI is InChI=1S/C21H34O.C6H10O3/c1-2-3-4-5-6-7-8-9-10-11-12-13-14-17-20-18-15-16-19-21(20)22;1(5-3-8-5)7-2-6-4-9-6/h14-19,22H,2-13H2,1H3;5-6H,1-4H2. The molecule has 2 saturated heterocycles. The van der Waals surface area contributed by atoms with Crippen LogP contribution in [-0.2, 0) is 14.2 Å². The Hall–Kier alpha value is -1.36. The van der Waals surface area contributed by atoms with Crippen molar-refractivity contribution in [1.29, 1.82) is 0 Å². The predicted molar refractivity (Wildman–Crippen MR) is 129 cm³/mol. The first kappa shape index (κ1) is 25.9. The summed E-state index contributed by atoms with van der Waals surface area (Å²) in [6, 6.07) is 7.51. The topological polar surface area (TPSA) is 54.5 Å². The van der Waals surface area contributed by atoms with Crippen molar-refractivity contribution >= 4 is 6.08 Å². The van der Waals surface area contributed by atoms with Crippen LogP contribution in [0.25, 0.3) is 6.08 Å². The molecule has 0 aliphatic carbocycles. The zero-order valence-corrected chi connectivity index (χ0v) is 19.6. The van der Waals surface area contributed by atoms with Crippen molar-refractivity contribution in [1.82, 2.24) is 0 Å². The molecule has 0 aromatic heterocycles. The van der Waals surface area contributed by atoms with Gasteiger partial charge in [0.1, 0.15) is 18.0 Å². The van der Waals surface area contributed by atoms with E-state index in [4.69, 9.17) is 14.2 Å². The highest BCUT2D eigenvalue weighted by Crippen LogP contribution is 2.18. The molecule has 4 nitrogen and oxygen atoms in total. The van der Waals surface area contributed by atoms with Gasteiger partial charge in [-0.25, -0.2) is 0 Å². The van der Waals surface area contributed by atoms with E-state index in [-0.39, 0.29) is 0 Å². The third-order valence-electron chi connectivity index (χ3n) is 5.62. The monoisotopic (exact) mass is 432 g/mol. The number of phenols is 1. The molecule has 4 heteroatoms. The van der Waals surface area contributed by atoms with E-state index in [0.717, 1.165) is 38.4 Å². The molecule has 0 saturated carbocycles. The zero-order chi connectivity index (χ0) is 22.0. The van der Waals surface area contributed by atoms with Crippen molar-refractivity contribution in [3.05, 3.63) is 35.9 Å². The summed E-state index contributed by atoms with van der Waals surface area (Å²) < 4.78 is 15.1. The first-order chi connectivity index (χ1) is 15.3. The predicted octanol–water partition coefficient (Wildman–Crippen LogP) is 6.91. The number of para-hydroxylation sites is 1. The fraction of sp³-hybridized carbons (Fsp3) is 0.704. The molecule has 0 amide bonds. The quantitative estimate of drug-likeness (QED) is 0.215. The molecule has 0 bridgehead atoms. The fourth-order valence-corrected chi connectivity index (χ4v) is 3.42. The van der Waals surface area contributed by atoms with Gasteiger partial charge in [-0.15, -0.1) is 0 Å². The molecule has 2 unspecified atom stereocenters. The summed E-state index contributed by atoms with van der Waals surface area (Å²) in [5.41, 5.74) is 0.922. The summed E-state index contributed by atoms with van der Waals surface area (Å²) in [5.74, 6) is 0.373. The molecule has 176 valence electrons. The van der Waals surface area contributed by atoms with Crippen LogP contribution in [0.5, 0.6) is 5.75 Å². The van der Waals surface area contributed by atoms with Crippen molar-refractivity contribution < 1.29 is 19.3 Å². The number of allylic oxidation sites excluding steroid dienone is 1. The summed E-state index contributed by atoms with van der Waals surface area (Å²) in [4.78, 5) is 0. The van der Waals surface area contributed by atoms with Crippen LogP contribution in [0.2, 0.25) is 0 Å². The zero-order valence-electron chi connectivity index (χ0n) is 19.6. The van der Waals surface area contributed by atoms with Gasteiger partial charge in [-0.05, 0) is 18.9 Å². The second-order valence-corrected chi connectivity index (χ2v) is 8.73. The van der Waals surface area contributed by atoms with Gasteiger partial charge in [0.05, 0.1) is 26.4 Å². The SMILES string of the molecule is C(OCC1CO1)C1CO1.CCCCCCCCCCCCCC=Cc1ccccc1O. The molecule has 2 fully saturated rings. The maximum atomic E-state index is 9.65. The van der Waals surface area contributed by atoms with Gasteiger partial charge in [0.2, 0.25) is 0 Å². The Kier molecular flexibility index (Phi) is 14.4. The number of aromatic hydroxyl groups is 1. The molecular weight excluding hydrogens is 388 g/mol. The number of rotatable bonds is 17. The van der Waals surface area contributed by atoms with Crippen LogP contribution >= 0.6 is 0 Å². The number of hydrogen-bond acceptors (Lipinski definition) is 4. The Labute approximate surface area is 190 Å². The van der Waals surface area contributed by atoms with Gasteiger partial charge in [-0.2, -0.15) is 0 Å². The Morgan fingerprint density at radius 1 is 0.839 bits per heavy atom. The minimum Gasteiger partial charge on any atom is -0.507 e. The normalized spacial score (nSPS) is 19.3. The van der Waals surface area contributed by atoms with E-state index in [9.17, 15) is 5.11 Å². The van der Waals surface area contributed by atoms with Crippen molar-refractivity contribution in [2.75, 3.05) is 26.4 Å². The summed E-state index contributed by atoms with van der Waals surface area (Å²) in [6.07, 6.45) is 21.4. The summed E-state index contributed by atoms with van der Waals surface area (Å²) >= 11 is 0. The van der Waals surface area contributed by atoms with Crippen LogP contribution in [-0.4, -0.2) is 43.7 Å². The highest BCUT2D eigenvalue weighted by atomic mass is 16.6. The minimum atomic E-state index is 0.373. The van der Waals surface area contributed by atoms with E-state index in [0.29, 0.717) is 18.0 Å².